The topological polar surface area (TPSA) is 67.5 Å². The first kappa shape index (κ1) is 9.18. The van der Waals surface area contributed by atoms with E-state index in [9.17, 15) is 10.1 Å². The van der Waals surface area contributed by atoms with Crippen molar-refractivity contribution < 1.29 is 4.92 Å². The highest BCUT2D eigenvalue weighted by Gasteiger charge is 1.91. The van der Waals surface area contributed by atoms with Crippen LogP contribution in [0.4, 0.5) is 5.69 Å². The highest BCUT2D eigenvalue weighted by atomic mass is 16.6. The maximum absolute atomic E-state index is 9.86. The predicted molar refractivity (Wildman–Crippen MR) is 50.3 cm³/mol. The minimum absolute atomic E-state index is 0.611. The van der Waals surface area contributed by atoms with E-state index in [0.717, 1.165) is 11.3 Å². The van der Waals surface area contributed by atoms with Crippen molar-refractivity contribution in [2.45, 2.75) is 6.92 Å². The van der Waals surface area contributed by atoms with Gasteiger partial charge in [-0.15, -0.1) is 0 Å². The van der Waals surface area contributed by atoms with E-state index in [2.05, 4.69) is 10.5 Å². The van der Waals surface area contributed by atoms with E-state index in [1.54, 1.807) is 12.1 Å². The van der Waals surface area contributed by atoms with Crippen molar-refractivity contribution >= 4 is 12.0 Å². The molecule has 0 atom stereocenters. The SMILES string of the molecule is Cc1ccc(NN=C[N+](=O)[O-])cc1. The molecule has 5 nitrogen and oxygen atoms in total. The number of rotatable bonds is 3. The molecule has 0 aliphatic rings. The van der Waals surface area contributed by atoms with Crippen LogP contribution in [0.3, 0.4) is 0 Å². The van der Waals surface area contributed by atoms with Crippen molar-refractivity contribution in [1.29, 1.82) is 0 Å². The average molecular weight is 179 g/mol. The van der Waals surface area contributed by atoms with Gasteiger partial charge in [0.2, 0.25) is 0 Å². The van der Waals surface area contributed by atoms with Crippen LogP contribution in [0.15, 0.2) is 29.4 Å². The van der Waals surface area contributed by atoms with Gasteiger partial charge >= 0.3 is 6.34 Å². The normalized spacial score (nSPS) is 10.2. The first-order valence-electron chi connectivity index (χ1n) is 3.68. The Bertz CT molecular complexity index is 319. The number of nitro groups is 1. The number of aryl methyl sites for hydroxylation is 1. The Morgan fingerprint density at radius 1 is 1.46 bits per heavy atom. The second-order valence-electron chi connectivity index (χ2n) is 2.51. The predicted octanol–water partition coefficient (Wildman–Crippen LogP) is 1.63. The number of nitrogens with zero attached hydrogens (tertiary/aromatic N) is 2. The lowest BCUT2D eigenvalue weighted by Gasteiger charge is -1.94. The summed E-state index contributed by atoms with van der Waals surface area (Å²) in [5.74, 6) is 0. The fourth-order valence-electron chi connectivity index (χ4n) is 0.779. The first-order valence-corrected chi connectivity index (χ1v) is 3.68. The second kappa shape index (κ2) is 4.20. The Morgan fingerprint density at radius 3 is 2.62 bits per heavy atom. The summed E-state index contributed by atoms with van der Waals surface area (Å²) in [4.78, 5) is 9.24. The number of hydrogen-bond donors (Lipinski definition) is 1. The molecule has 5 heteroatoms. The van der Waals surface area contributed by atoms with Crippen LogP contribution in [0.5, 0.6) is 0 Å². The van der Waals surface area contributed by atoms with E-state index in [0.29, 0.717) is 6.34 Å². The summed E-state index contributed by atoms with van der Waals surface area (Å²) in [5, 5.41) is 13.3. The van der Waals surface area contributed by atoms with Crippen molar-refractivity contribution in [3.63, 3.8) is 0 Å². The van der Waals surface area contributed by atoms with Crippen LogP contribution in [-0.2, 0) is 0 Å². The number of hydrazone groups is 1. The highest BCUT2D eigenvalue weighted by molar-refractivity contribution is 5.50. The maximum Gasteiger partial charge on any atom is 0.352 e. The third-order valence-electron chi connectivity index (χ3n) is 1.40. The van der Waals surface area contributed by atoms with Gasteiger partial charge in [-0.3, -0.25) is 0 Å². The molecule has 0 saturated heterocycles. The van der Waals surface area contributed by atoms with Gasteiger partial charge in [-0.05, 0) is 24.0 Å². The van der Waals surface area contributed by atoms with Gasteiger partial charge in [0.15, 0.2) is 0 Å². The summed E-state index contributed by atoms with van der Waals surface area (Å²) in [6.45, 7) is 1.96. The highest BCUT2D eigenvalue weighted by Crippen LogP contribution is 2.07. The second-order valence-corrected chi connectivity index (χ2v) is 2.51. The molecule has 0 spiro atoms. The van der Waals surface area contributed by atoms with Crippen molar-refractivity contribution in [2.75, 3.05) is 5.43 Å². The molecule has 1 aromatic carbocycles. The number of anilines is 1. The largest absolute Gasteiger partial charge is 0.358 e. The van der Waals surface area contributed by atoms with E-state index in [-0.39, 0.29) is 0 Å². The molecule has 0 radical (unpaired) electrons. The molecule has 0 aliphatic heterocycles. The van der Waals surface area contributed by atoms with E-state index in [1.165, 1.54) is 0 Å². The molecule has 0 aromatic heterocycles. The van der Waals surface area contributed by atoms with E-state index in [1.807, 2.05) is 19.1 Å². The zero-order valence-electron chi connectivity index (χ0n) is 7.10. The molecule has 0 heterocycles. The quantitative estimate of drug-likeness (QED) is 0.332. The molecule has 1 N–H and O–H groups in total. The minimum atomic E-state index is -0.624. The zero-order valence-corrected chi connectivity index (χ0v) is 7.10. The lowest BCUT2D eigenvalue weighted by atomic mass is 10.2. The molecule has 68 valence electrons. The molecule has 1 rings (SSSR count). The molecule has 0 unspecified atom stereocenters. The van der Waals surface area contributed by atoms with Gasteiger partial charge in [-0.1, -0.05) is 17.7 Å². The van der Waals surface area contributed by atoms with Gasteiger partial charge in [0.1, 0.15) is 0 Å². The third-order valence-corrected chi connectivity index (χ3v) is 1.40. The monoisotopic (exact) mass is 179 g/mol. The summed E-state index contributed by atoms with van der Waals surface area (Å²) in [6, 6.07) is 7.38. The Morgan fingerprint density at radius 2 is 2.08 bits per heavy atom. The standard InChI is InChI=1S/C8H9N3O2/c1-7-2-4-8(5-3-7)10-9-6-11(12)13/h2-6,10H,1H3. The maximum atomic E-state index is 9.86. The number of benzene rings is 1. The third kappa shape index (κ3) is 3.33. The molecule has 0 bridgehead atoms. The molecule has 0 amide bonds. The molecule has 1 aromatic rings. The van der Waals surface area contributed by atoms with Gasteiger partial charge in [0.25, 0.3) is 0 Å². The van der Waals surface area contributed by atoms with Gasteiger partial charge in [0, 0.05) is 5.10 Å². The van der Waals surface area contributed by atoms with Crippen molar-refractivity contribution in [3.8, 4) is 0 Å². The van der Waals surface area contributed by atoms with Crippen LogP contribution in [0.2, 0.25) is 0 Å². The summed E-state index contributed by atoms with van der Waals surface area (Å²) in [7, 11) is 0. The molecular weight excluding hydrogens is 170 g/mol. The lowest BCUT2D eigenvalue weighted by molar-refractivity contribution is -0.339. The summed E-state index contributed by atoms with van der Waals surface area (Å²) in [6.07, 6.45) is 0.611. The van der Waals surface area contributed by atoms with Gasteiger partial charge < -0.3 is 10.1 Å². The Kier molecular flexibility index (Phi) is 2.97. The van der Waals surface area contributed by atoms with Crippen LogP contribution in [0.1, 0.15) is 5.56 Å². The van der Waals surface area contributed by atoms with Crippen molar-refractivity contribution in [2.24, 2.45) is 5.10 Å². The van der Waals surface area contributed by atoms with E-state index in [4.69, 9.17) is 0 Å². The van der Waals surface area contributed by atoms with Crippen LogP contribution in [0.25, 0.3) is 0 Å². The Balaban J connectivity index is 2.55. The van der Waals surface area contributed by atoms with Gasteiger partial charge in [-0.25, -0.2) is 0 Å². The molecule has 13 heavy (non-hydrogen) atoms. The molecule has 0 saturated carbocycles. The summed E-state index contributed by atoms with van der Waals surface area (Å²) < 4.78 is 0. The average Bonchev–Trinajstić information content (AvgIpc) is 2.08. The number of hydrogen-bond acceptors (Lipinski definition) is 4. The van der Waals surface area contributed by atoms with Gasteiger partial charge in [0.05, 0.1) is 5.69 Å². The fourth-order valence-corrected chi connectivity index (χ4v) is 0.779. The van der Waals surface area contributed by atoms with Crippen LogP contribution < -0.4 is 5.43 Å². The lowest BCUT2D eigenvalue weighted by Crippen LogP contribution is -1.96. The number of nitrogens with one attached hydrogen (secondary N) is 1. The Hall–Kier alpha value is -1.91. The van der Waals surface area contributed by atoms with Crippen LogP contribution in [0, 0.1) is 17.0 Å². The smallest absolute Gasteiger partial charge is 0.352 e. The first-order chi connectivity index (χ1) is 6.18. The Labute approximate surface area is 75.2 Å². The molecular formula is C8H9N3O2. The summed E-state index contributed by atoms with van der Waals surface area (Å²) in [5.41, 5.74) is 4.39. The van der Waals surface area contributed by atoms with E-state index >= 15 is 0 Å². The van der Waals surface area contributed by atoms with E-state index < -0.39 is 4.92 Å². The van der Waals surface area contributed by atoms with Crippen molar-refractivity contribution in [1.82, 2.24) is 0 Å². The zero-order chi connectivity index (χ0) is 9.68. The van der Waals surface area contributed by atoms with Crippen LogP contribution >= 0.6 is 0 Å². The molecule has 0 fully saturated rings. The molecule has 0 aliphatic carbocycles. The fraction of sp³-hybridized carbons (Fsp3) is 0.125. The van der Waals surface area contributed by atoms with Crippen molar-refractivity contribution in [3.05, 3.63) is 39.9 Å². The van der Waals surface area contributed by atoms with Crippen LogP contribution in [-0.4, -0.2) is 11.3 Å². The summed E-state index contributed by atoms with van der Waals surface area (Å²) >= 11 is 0. The van der Waals surface area contributed by atoms with Gasteiger partial charge in [-0.2, -0.15) is 5.43 Å². The minimum Gasteiger partial charge on any atom is -0.358 e.